The molecule has 0 atom stereocenters. The highest BCUT2D eigenvalue weighted by molar-refractivity contribution is 6.04. The van der Waals surface area contributed by atoms with E-state index < -0.39 is 0 Å². The van der Waals surface area contributed by atoms with Gasteiger partial charge in [-0.15, -0.1) is 0 Å². The molecule has 3 N–H and O–H groups in total. The second-order valence-corrected chi connectivity index (χ2v) is 4.05. The van der Waals surface area contributed by atoms with Crippen LogP contribution in [0.1, 0.15) is 18.4 Å². The number of Topliss-reactive ketones (excluding diaryl/α,β-unsaturated/α-hetero) is 1. The van der Waals surface area contributed by atoms with Gasteiger partial charge in [0.15, 0.2) is 5.78 Å². The van der Waals surface area contributed by atoms with Gasteiger partial charge in [0.1, 0.15) is 0 Å². The Morgan fingerprint density at radius 1 is 1.31 bits per heavy atom. The van der Waals surface area contributed by atoms with Crippen LogP contribution in [-0.2, 0) is 4.79 Å². The molecule has 0 aliphatic heterocycles. The van der Waals surface area contributed by atoms with Crippen LogP contribution in [0.25, 0.3) is 5.70 Å². The summed E-state index contributed by atoms with van der Waals surface area (Å²) in [5.41, 5.74) is 7.47. The molecule has 0 saturated heterocycles. The number of benzene rings is 1. The first-order valence-corrected chi connectivity index (χ1v) is 5.43. The number of nitrogens with two attached hydrogens (primary N) is 1. The minimum absolute atomic E-state index is 0.00357. The lowest BCUT2D eigenvalue weighted by Crippen LogP contribution is -2.15. The normalized spacial score (nSPS) is 16.8. The van der Waals surface area contributed by atoms with Crippen molar-refractivity contribution in [2.75, 3.05) is 6.61 Å². The van der Waals surface area contributed by atoms with Gasteiger partial charge in [0.25, 0.3) is 0 Å². The highest BCUT2D eigenvalue weighted by Gasteiger charge is 2.32. The van der Waals surface area contributed by atoms with E-state index in [9.17, 15) is 9.90 Å². The van der Waals surface area contributed by atoms with Crippen LogP contribution in [0.15, 0.2) is 35.9 Å². The van der Waals surface area contributed by atoms with Crippen LogP contribution in [0.2, 0.25) is 0 Å². The average molecular weight is 217 g/mol. The van der Waals surface area contributed by atoms with Crippen molar-refractivity contribution < 1.29 is 9.90 Å². The van der Waals surface area contributed by atoms with Gasteiger partial charge < -0.3 is 10.8 Å². The number of carbonyl (C=O) groups excluding carboxylic acids is 1. The molecule has 0 unspecified atom stereocenters. The maximum atomic E-state index is 11.9. The fourth-order valence-electron chi connectivity index (χ4n) is 1.68. The summed E-state index contributed by atoms with van der Waals surface area (Å²) in [6, 6.07) is 9.28. The molecule has 16 heavy (non-hydrogen) atoms. The first-order chi connectivity index (χ1) is 7.74. The Labute approximate surface area is 94.6 Å². The number of aliphatic hydroxyl groups is 1. The van der Waals surface area contributed by atoms with E-state index in [2.05, 4.69) is 0 Å². The molecular formula is C13H15NO2. The molecule has 0 spiro atoms. The van der Waals surface area contributed by atoms with E-state index >= 15 is 0 Å². The maximum Gasteiger partial charge on any atom is 0.166 e. The Morgan fingerprint density at radius 3 is 2.44 bits per heavy atom. The molecule has 0 bridgehead atoms. The van der Waals surface area contributed by atoms with Crippen molar-refractivity contribution in [2.24, 2.45) is 11.7 Å². The van der Waals surface area contributed by atoms with E-state index in [0.717, 1.165) is 18.4 Å². The van der Waals surface area contributed by atoms with Crippen LogP contribution in [0.3, 0.4) is 0 Å². The summed E-state index contributed by atoms with van der Waals surface area (Å²) in [5, 5.41) is 9.25. The van der Waals surface area contributed by atoms with Crippen LogP contribution < -0.4 is 5.73 Å². The maximum absolute atomic E-state index is 11.9. The summed E-state index contributed by atoms with van der Waals surface area (Å²) >= 11 is 0. The molecule has 3 nitrogen and oxygen atoms in total. The van der Waals surface area contributed by atoms with Gasteiger partial charge >= 0.3 is 0 Å². The smallest absolute Gasteiger partial charge is 0.166 e. The monoisotopic (exact) mass is 217 g/mol. The fourth-order valence-corrected chi connectivity index (χ4v) is 1.68. The highest BCUT2D eigenvalue weighted by atomic mass is 16.3. The van der Waals surface area contributed by atoms with E-state index in [1.54, 1.807) is 0 Å². The molecule has 1 aliphatic carbocycles. The standard InChI is InChI=1S/C13H15NO2/c14-12(9-4-2-1-3-5-9)11(8-15)13(16)10-6-7-10/h1-5,10,15H,6-8,14H2. The lowest BCUT2D eigenvalue weighted by molar-refractivity contribution is -0.117. The van der Waals surface area contributed by atoms with Crippen LogP contribution in [-0.4, -0.2) is 17.5 Å². The third-order valence-electron chi connectivity index (χ3n) is 2.81. The van der Waals surface area contributed by atoms with Gasteiger partial charge in [-0.2, -0.15) is 0 Å². The Morgan fingerprint density at radius 2 is 1.94 bits per heavy atom. The van der Waals surface area contributed by atoms with E-state index in [1.807, 2.05) is 30.3 Å². The second kappa shape index (κ2) is 4.49. The van der Waals surface area contributed by atoms with Crippen molar-refractivity contribution in [3.63, 3.8) is 0 Å². The summed E-state index contributed by atoms with van der Waals surface area (Å²) in [5.74, 6) is 0.0910. The average Bonchev–Trinajstić information content (AvgIpc) is 3.14. The van der Waals surface area contributed by atoms with E-state index in [0.29, 0.717) is 11.3 Å². The molecular weight excluding hydrogens is 202 g/mol. The van der Waals surface area contributed by atoms with E-state index in [1.165, 1.54) is 0 Å². The summed E-state index contributed by atoms with van der Waals surface area (Å²) in [6.07, 6.45) is 1.84. The Bertz CT molecular complexity index is 419. The van der Waals surface area contributed by atoms with Crippen molar-refractivity contribution in [1.29, 1.82) is 0 Å². The summed E-state index contributed by atoms with van der Waals surface area (Å²) in [6.45, 7) is -0.282. The number of hydrogen-bond acceptors (Lipinski definition) is 3. The van der Waals surface area contributed by atoms with Crippen molar-refractivity contribution in [1.82, 2.24) is 0 Å². The van der Waals surface area contributed by atoms with Gasteiger partial charge in [0.05, 0.1) is 6.61 Å². The van der Waals surface area contributed by atoms with E-state index in [-0.39, 0.29) is 18.3 Å². The van der Waals surface area contributed by atoms with Gasteiger partial charge in [0.2, 0.25) is 0 Å². The Balaban J connectivity index is 2.33. The Hall–Kier alpha value is -1.61. The molecule has 1 aromatic carbocycles. The molecule has 84 valence electrons. The summed E-state index contributed by atoms with van der Waals surface area (Å²) in [4.78, 5) is 11.9. The molecule has 0 heterocycles. The molecule has 0 amide bonds. The summed E-state index contributed by atoms with van der Waals surface area (Å²) < 4.78 is 0. The summed E-state index contributed by atoms with van der Waals surface area (Å²) in [7, 11) is 0. The van der Waals surface area contributed by atoms with Crippen molar-refractivity contribution in [2.45, 2.75) is 12.8 Å². The van der Waals surface area contributed by atoms with Crippen LogP contribution in [0.5, 0.6) is 0 Å². The lowest BCUT2D eigenvalue weighted by atomic mass is 10.0. The van der Waals surface area contributed by atoms with Gasteiger partial charge in [-0.25, -0.2) is 0 Å². The van der Waals surface area contributed by atoms with Crippen LogP contribution in [0, 0.1) is 5.92 Å². The van der Waals surface area contributed by atoms with Crippen molar-refractivity contribution in [3.8, 4) is 0 Å². The predicted octanol–water partition coefficient (Wildman–Crippen LogP) is 1.33. The molecule has 0 radical (unpaired) electrons. The number of ketones is 1. The Kier molecular flexibility index (Phi) is 3.06. The van der Waals surface area contributed by atoms with Crippen molar-refractivity contribution in [3.05, 3.63) is 41.5 Å². The first-order valence-electron chi connectivity index (χ1n) is 5.43. The van der Waals surface area contributed by atoms with Gasteiger partial charge in [0, 0.05) is 17.2 Å². The van der Waals surface area contributed by atoms with Gasteiger partial charge in [-0.3, -0.25) is 4.79 Å². The molecule has 1 aliphatic rings. The minimum atomic E-state index is -0.282. The number of carbonyl (C=O) groups is 1. The lowest BCUT2D eigenvalue weighted by Gasteiger charge is -2.08. The molecule has 0 aromatic heterocycles. The second-order valence-electron chi connectivity index (χ2n) is 4.05. The molecule has 1 saturated carbocycles. The topological polar surface area (TPSA) is 63.3 Å². The van der Waals surface area contributed by atoms with Crippen LogP contribution >= 0.6 is 0 Å². The largest absolute Gasteiger partial charge is 0.398 e. The minimum Gasteiger partial charge on any atom is -0.398 e. The highest BCUT2D eigenvalue weighted by Crippen LogP contribution is 2.33. The molecule has 3 heteroatoms. The zero-order valence-electron chi connectivity index (χ0n) is 9.02. The third kappa shape index (κ3) is 2.14. The number of rotatable bonds is 4. The zero-order chi connectivity index (χ0) is 11.5. The number of hydrogen-bond donors (Lipinski definition) is 2. The quantitative estimate of drug-likeness (QED) is 0.748. The number of aliphatic hydroxyl groups excluding tert-OH is 1. The van der Waals surface area contributed by atoms with Gasteiger partial charge in [-0.05, 0) is 18.4 Å². The zero-order valence-corrected chi connectivity index (χ0v) is 9.02. The molecule has 1 fully saturated rings. The first kappa shape index (κ1) is 10.9. The fraction of sp³-hybridized carbons (Fsp3) is 0.308. The van der Waals surface area contributed by atoms with Gasteiger partial charge in [-0.1, -0.05) is 30.3 Å². The SMILES string of the molecule is NC(=C(CO)C(=O)C1CC1)c1ccccc1. The third-order valence-corrected chi connectivity index (χ3v) is 2.81. The van der Waals surface area contributed by atoms with Crippen molar-refractivity contribution >= 4 is 11.5 Å². The van der Waals surface area contributed by atoms with Crippen LogP contribution in [0.4, 0.5) is 0 Å². The van der Waals surface area contributed by atoms with E-state index in [4.69, 9.17) is 5.73 Å². The predicted molar refractivity (Wildman–Crippen MR) is 62.4 cm³/mol. The molecule has 2 rings (SSSR count). The molecule has 1 aromatic rings.